The van der Waals surface area contributed by atoms with Crippen molar-refractivity contribution >= 4 is 45.2 Å². The summed E-state index contributed by atoms with van der Waals surface area (Å²) in [5.41, 5.74) is -8.05. The number of rotatable bonds is 4. The molecule has 0 saturated heterocycles. The van der Waals surface area contributed by atoms with Crippen molar-refractivity contribution in [2.45, 2.75) is 23.7 Å². The van der Waals surface area contributed by atoms with Crippen LogP contribution in [0.1, 0.15) is 11.1 Å². The van der Waals surface area contributed by atoms with Gasteiger partial charge >= 0.3 is 18.0 Å². The molecule has 2 rings (SSSR count). The van der Waals surface area contributed by atoms with Crippen molar-refractivity contribution in [1.82, 2.24) is 0 Å². The van der Waals surface area contributed by atoms with Crippen LogP contribution in [0, 0.1) is 7.14 Å². The van der Waals surface area contributed by atoms with E-state index in [-0.39, 0.29) is 3.57 Å². The van der Waals surface area contributed by atoms with Crippen LogP contribution in [0.25, 0.3) is 0 Å². The number of benzene rings is 2. The van der Waals surface area contributed by atoms with Gasteiger partial charge in [0.1, 0.15) is 0 Å². The minimum atomic E-state index is -6.54. The lowest BCUT2D eigenvalue weighted by Crippen LogP contribution is -2.60. The second-order valence-electron chi connectivity index (χ2n) is 5.26. The smallest absolute Gasteiger partial charge is 0.224 e. The Hall–Kier alpha value is -0.660. The topological polar surface area (TPSA) is 0 Å². The van der Waals surface area contributed by atoms with E-state index in [4.69, 9.17) is 0 Å². The zero-order chi connectivity index (χ0) is 20.0. The maximum absolute atomic E-state index is 15.5. The van der Waals surface area contributed by atoms with Crippen molar-refractivity contribution in [3.63, 3.8) is 0 Å². The Balaban J connectivity index is 2.90. The number of hydrogen-bond acceptors (Lipinski definition) is 0. The summed E-state index contributed by atoms with van der Waals surface area (Å²) in [6, 6.07) is 7.58. The van der Waals surface area contributed by atoms with Crippen LogP contribution in [0.4, 0.5) is 35.1 Å². The van der Waals surface area contributed by atoms with E-state index in [0.717, 1.165) is 24.3 Å². The van der Waals surface area contributed by atoms with Gasteiger partial charge in [0.25, 0.3) is 5.67 Å². The van der Waals surface area contributed by atoms with Crippen molar-refractivity contribution < 1.29 is 35.1 Å². The predicted molar refractivity (Wildman–Crippen MR) is 96.0 cm³/mol. The first-order valence-corrected chi connectivity index (χ1v) is 8.95. The minimum absolute atomic E-state index is 0.346. The zero-order valence-electron chi connectivity index (χ0n) is 12.4. The van der Waals surface area contributed by atoms with Crippen molar-refractivity contribution in [3.05, 3.63) is 66.8 Å². The van der Waals surface area contributed by atoms with E-state index in [2.05, 4.69) is 0 Å². The standard InChI is InChI=1S/C16H8F8I2/c17-13(15(20,21)16(22,23)24,9-5-1-3-7-11(9)25)14(18,19)10-6-2-4-8-12(10)26/h1-8H. The van der Waals surface area contributed by atoms with Crippen LogP contribution in [0.15, 0.2) is 48.5 Å². The van der Waals surface area contributed by atoms with E-state index in [9.17, 15) is 30.7 Å². The third kappa shape index (κ3) is 3.20. The van der Waals surface area contributed by atoms with Gasteiger partial charge in [-0.05, 0) is 57.3 Å². The second-order valence-corrected chi connectivity index (χ2v) is 7.59. The van der Waals surface area contributed by atoms with E-state index in [1.807, 2.05) is 0 Å². The molecule has 0 saturated carbocycles. The number of halogens is 10. The highest BCUT2D eigenvalue weighted by Gasteiger charge is 2.81. The van der Waals surface area contributed by atoms with Gasteiger partial charge in [0, 0.05) is 18.3 Å². The zero-order valence-corrected chi connectivity index (χ0v) is 16.7. The van der Waals surface area contributed by atoms with Crippen molar-refractivity contribution in [3.8, 4) is 0 Å². The average molecular weight is 606 g/mol. The predicted octanol–water partition coefficient (Wildman–Crippen LogP) is 7.05. The largest absolute Gasteiger partial charge is 0.457 e. The van der Waals surface area contributed by atoms with Crippen LogP contribution in [0.3, 0.4) is 0 Å². The first kappa shape index (κ1) is 21.6. The van der Waals surface area contributed by atoms with Crippen LogP contribution in [-0.2, 0) is 11.6 Å². The van der Waals surface area contributed by atoms with Crippen LogP contribution in [0.2, 0.25) is 0 Å². The van der Waals surface area contributed by atoms with Gasteiger partial charge in [-0.25, -0.2) is 4.39 Å². The molecule has 2 aromatic rings. The van der Waals surface area contributed by atoms with Gasteiger partial charge in [0.05, 0.1) is 0 Å². The Bertz CT molecular complexity index is 803. The van der Waals surface area contributed by atoms with E-state index in [1.54, 1.807) is 0 Å². The SMILES string of the molecule is FC(F)(F)C(F)(F)C(F)(c1ccccc1I)C(F)(F)c1ccccc1I. The van der Waals surface area contributed by atoms with Gasteiger partial charge in [-0.1, -0.05) is 36.4 Å². The van der Waals surface area contributed by atoms with Gasteiger partial charge < -0.3 is 0 Å². The molecule has 142 valence electrons. The Morgan fingerprint density at radius 2 is 0.962 bits per heavy atom. The molecular formula is C16H8F8I2. The molecule has 0 nitrogen and oxygen atoms in total. The first-order chi connectivity index (χ1) is 11.8. The van der Waals surface area contributed by atoms with Crippen molar-refractivity contribution in [2.24, 2.45) is 0 Å². The Labute approximate surface area is 170 Å². The lowest BCUT2D eigenvalue weighted by molar-refractivity contribution is -0.370. The fourth-order valence-electron chi connectivity index (χ4n) is 2.37. The summed E-state index contributed by atoms with van der Waals surface area (Å²) in [5.74, 6) is -11.5. The molecule has 0 aliphatic heterocycles. The molecular weight excluding hydrogens is 598 g/mol. The monoisotopic (exact) mass is 606 g/mol. The van der Waals surface area contributed by atoms with Crippen LogP contribution in [-0.4, -0.2) is 12.1 Å². The highest BCUT2D eigenvalue weighted by Crippen LogP contribution is 2.61. The summed E-state index contributed by atoms with van der Waals surface area (Å²) >= 11 is 2.57. The molecule has 0 aromatic heterocycles. The molecule has 0 spiro atoms. The van der Waals surface area contributed by atoms with Gasteiger partial charge in [-0.3, -0.25) is 0 Å². The highest BCUT2D eigenvalue weighted by atomic mass is 127. The Kier molecular flexibility index (Phi) is 5.87. The summed E-state index contributed by atoms with van der Waals surface area (Å²) in [5, 5.41) is 0. The maximum Gasteiger partial charge on any atom is 0.457 e. The summed E-state index contributed by atoms with van der Waals surface area (Å²) in [6.45, 7) is 0. The fraction of sp³-hybridized carbons (Fsp3) is 0.250. The normalized spacial score (nSPS) is 15.6. The lowest BCUT2D eigenvalue weighted by Gasteiger charge is -2.40. The van der Waals surface area contributed by atoms with E-state index in [0.29, 0.717) is 12.1 Å². The minimum Gasteiger partial charge on any atom is -0.224 e. The molecule has 0 bridgehead atoms. The summed E-state index contributed by atoms with van der Waals surface area (Å²) in [4.78, 5) is 0. The molecule has 10 heteroatoms. The van der Waals surface area contributed by atoms with Gasteiger partial charge in [-0.15, -0.1) is 0 Å². The Morgan fingerprint density at radius 1 is 0.577 bits per heavy atom. The first-order valence-electron chi connectivity index (χ1n) is 6.79. The quantitative estimate of drug-likeness (QED) is 0.259. The van der Waals surface area contributed by atoms with Crippen LogP contribution in [0.5, 0.6) is 0 Å². The van der Waals surface area contributed by atoms with Crippen molar-refractivity contribution in [2.75, 3.05) is 0 Å². The van der Waals surface area contributed by atoms with Gasteiger partial charge in [-0.2, -0.15) is 30.7 Å². The summed E-state index contributed by atoms with van der Waals surface area (Å²) in [6.07, 6.45) is -6.54. The molecule has 0 N–H and O–H groups in total. The molecule has 0 aliphatic rings. The average Bonchev–Trinajstić information content (AvgIpc) is 2.53. The fourth-order valence-corrected chi connectivity index (χ4v) is 3.86. The van der Waals surface area contributed by atoms with Crippen LogP contribution >= 0.6 is 45.2 Å². The van der Waals surface area contributed by atoms with E-state index < -0.39 is 38.4 Å². The van der Waals surface area contributed by atoms with E-state index in [1.165, 1.54) is 57.3 Å². The molecule has 1 atom stereocenters. The lowest BCUT2D eigenvalue weighted by atomic mass is 9.79. The molecule has 2 aromatic carbocycles. The molecule has 1 unspecified atom stereocenters. The summed E-state index contributed by atoms with van der Waals surface area (Å²) in [7, 11) is 0. The third-order valence-electron chi connectivity index (χ3n) is 3.68. The molecule has 0 fully saturated rings. The van der Waals surface area contributed by atoms with Crippen molar-refractivity contribution in [1.29, 1.82) is 0 Å². The number of alkyl halides is 8. The molecule has 0 radical (unpaired) electrons. The molecule has 0 heterocycles. The number of hydrogen-bond donors (Lipinski definition) is 0. The molecule has 26 heavy (non-hydrogen) atoms. The van der Waals surface area contributed by atoms with Gasteiger partial charge in [0.2, 0.25) is 0 Å². The maximum atomic E-state index is 15.5. The van der Waals surface area contributed by atoms with Crippen LogP contribution < -0.4 is 0 Å². The highest BCUT2D eigenvalue weighted by molar-refractivity contribution is 14.1. The second kappa shape index (κ2) is 7.06. The third-order valence-corrected chi connectivity index (χ3v) is 5.56. The molecule has 0 amide bonds. The Morgan fingerprint density at radius 3 is 1.35 bits per heavy atom. The van der Waals surface area contributed by atoms with Gasteiger partial charge in [0.15, 0.2) is 0 Å². The molecule has 0 aliphatic carbocycles. The summed E-state index contributed by atoms with van der Waals surface area (Å²) < 4.78 is 112. The van der Waals surface area contributed by atoms with E-state index >= 15 is 4.39 Å².